The van der Waals surface area contributed by atoms with E-state index in [1.54, 1.807) is 12.1 Å². The number of aliphatic hydroxyl groups is 1. The molecule has 0 aliphatic heterocycles. The minimum atomic E-state index is -1.52. The zero-order chi connectivity index (χ0) is 33.7. The number of rotatable bonds is 18. The summed E-state index contributed by atoms with van der Waals surface area (Å²) in [5.74, 6) is -4.93. The molecule has 44 heavy (non-hydrogen) atoms. The number of aromatic hydroxyl groups is 1. The average molecular weight is 622 g/mol. The minimum Gasteiger partial charge on any atom is -0.508 e. The molecule has 0 bridgehead atoms. The quantitative estimate of drug-likeness (QED) is 0.0879. The van der Waals surface area contributed by atoms with Crippen molar-refractivity contribution >= 4 is 35.4 Å². The summed E-state index contributed by atoms with van der Waals surface area (Å²) in [6, 6.07) is -0.356. The molecule has 6 amide bonds. The van der Waals surface area contributed by atoms with Crippen LogP contribution in [0.3, 0.4) is 0 Å². The highest BCUT2D eigenvalue weighted by Gasteiger charge is 2.34. The van der Waals surface area contributed by atoms with E-state index < -0.39 is 78.2 Å². The topological polar surface area (TPSA) is 269 Å². The van der Waals surface area contributed by atoms with Crippen molar-refractivity contribution in [3.8, 4) is 5.75 Å². The summed E-state index contributed by atoms with van der Waals surface area (Å²) in [5.41, 5.74) is 16.9. The van der Waals surface area contributed by atoms with Crippen LogP contribution in [0.25, 0.3) is 0 Å². The van der Waals surface area contributed by atoms with Gasteiger partial charge in [-0.15, -0.1) is 0 Å². The molecular formula is C29H47N7O8. The monoisotopic (exact) mass is 621 g/mol. The van der Waals surface area contributed by atoms with Crippen LogP contribution < -0.4 is 38.5 Å². The van der Waals surface area contributed by atoms with Crippen molar-refractivity contribution in [2.75, 3.05) is 0 Å². The highest BCUT2D eigenvalue weighted by atomic mass is 16.3. The van der Waals surface area contributed by atoms with Gasteiger partial charge in [0.15, 0.2) is 0 Å². The fourth-order valence-electron chi connectivity index (χ4n) is 4.28. The molecule has 0 radical (unpaired) electrons. The van der Waals surface area contributed by atoms with Gasteiger partial charge in [0.25, 0.3) is 0 Å². The van der Waals surface area contributed by atoms with E-state index in [0.717, 1.165) is 0 Å². The van der Waals surface area contributed by atoms with Gasteiger partial charge in [0.05, 0.1) is 18.6 Å². The van der Waals surface area contributed by atoms with Gasteiger partial charge in [-0.05, 0) is 49.3 Å². The number of benzene rings is 1. The molecule has 1 aromatic rings. The van der Waals surface area contributed by atoms with E-state index in [4.69, 9.17) is 17.2 Å². The van der Waals surface area contributed by atoms with Crippen molar-refractivity contribution in [2.45, 2.75) is 96.6 Å². The summed E-state index contributed by atoms with van der Waals surface area (Å²) in [7, 11) is 0. The molecule has 0 saturated heterocycles. The maximum atomic E-state index is 13.4. The first-order chi connectivity index (χ1) is 20.4. The van der Waals surface area contributed by atoms with Gasteiger partial charge in [-0.1, -0.05) is 39.8 Å². The molecule has 0 spiro atoms. The van der Waals surface area contributed by atoms with Crippen molar-refractivity contribution in [2.24, 2.45) is 29.0 Å². The lowest BCUT2D eigenvalue weighted by molar-refractivity contribution is -0.136. The summed E-state index contributed by atoms with van der Waals surface area (Å²) < 4.78 is 0. The second kappa shape index (κ2) is 17.8. The van der Waals surface area contributed by atoms with Gasteiger partial charge in [0.2, 0.25) is 35.4 Å². The van der Waals surface area contributed by atoms with E-state index in [9.17, 15) is 39.0 Å². The molecule has 0 unspecified atom stereocenters. The molecular weight excluding hydrogens is 574 g/mol. The number of nitrogens with two attached hydrogens (primary N) is 3. The Morgan fingerprint density at radius 1 is 0.705 bits per heavy atom. The summed E-state index contributed by atoms with van der Waals surface area (Å²) in [4.78, 5) is 75.6. The molecule has 0 aliphatic rings. The first kappa shape index (κ1) is 37.8. The van der Waals surface area contributed by atoms with Crippen LogP contribution in [-0.4, -0.2) is 82.0 Å². The van der Waals surface area contributed by atoms with Gasteiger partial charge in [-0.25, -0.2) is 0 Å². The van der Waals surface area contributed by atoms with Crippen LogP contribution in [0.4, 0.5) is 0 Å². The molecule has 15 nitrogen and oxygen atoms in total. The van der Waals surface area contributed by atoms with Crippen LogP contribution in [0.1, 0.15) is 59.4 Å². The molecule has 1 rings (SSSR count). The second-order valence-electron chi connectivity index (χ2n) is 11.7. The fourth-order valence-corrected chi connectivity index (χ4v) is 4.28. The maximum absolute atomic E-state index is 13.4. The van der Waals surface area contributed by atoms with Crippen LogP contribution in [0.5, 0.6) is 5.75 Å². The molecule has 1 aromatic carbocycles. The first-order valence-electron chi connectivity index (χ1n) is 14.4. The van der Waals surface area contributed by atoms with Crippen LogP contribution in [0.15, 0.2) is 24.3 Å². The predicted octanol–water partition coefficient (Wildman–Crippen LogP) is -1.97. The number of nitrogens with one attached hydrogen (secondary N) is 4. The summed E-state index contributed by atoms with van der Waals surface area (Å²) >= 11 is 0. The Morgan fingerprint density at radius 2 is 1.16 bits per heavy atom. The lowest BCUT2D eigenvalue weighted by Gasteiger charge is -2.28. The van der Waals surface area contributed by atoms with Crippen LogP contribution in [-0.2, 0) is 35.2 Å². The van der Waals surface area contributed by atoms with Crippen molar-refractivity contribution < 1.29 is 39.0 Å². The standard InChI is InChI=1S/C29H47N7O8/c1-14(2)10-21(34-26(41)19(30)13-23(31)39)27(42)35-22(11-15(3)4)28(43)36-24(16(5)37)29(44)33-20(25(32)40)12-17-6-8-18(38)9-7-17/h6-9,14-16,19-22,24,37-38H,10-13,30H2,1-5H3,(H2,31,39)(H2,32,40)(H,33,44)(H,34,41)(H,35,42)(H,36,43)/t16-,19+,20+,21+,22+,24+/m1/s1. The number of phenolic OH excluding ortho intramolecular Hbond substituents is 1. The van der Waals surface area contributed by atoms with Crippen LogP contribution in [0.2, 0.25) is 0 Å². The number of carbonyl (C=O) groups excluding carboxylic acids is 6. The Labute approximate surface area is 257 Å². The lowest BCUT2D eigenvalue weighted by Crippen LogP contribution is -2.61. The highest BCUT2D eigenvalue weighted by Crippen LogP contribution is 2.13. The molecule has 15 heteroatoms. The van der Waals surface area contributed by atoms with E-state index >= 15 is 0 Å². The highest BCUT2D eigenvalue weighted by molar-refractivity contribution is 5.96. The first-order valence-corrected chi connectivity index (χ1v) is 14.4. The normalized spacial score (nSPS) is 15.3. The van der Waals surface area contributed by atoms with Crippen molar-refractivity contribution in [1.29, 1.82) is 0 Å². The summed E-state index contributed by atoms with van der Waals surface area (Å²) in [5, 5.41) is 29.8. The molecule has 0 aromatic heterocycles. The van der Waals surface area contributed by atoms with Gasteiger partial charge in [0, 0.05) is 6.42 Å². The van der Waals surface area contributed by atoms with Gasteiger partial charge >= 0.3 is 0 Å². The second-order valence-corrected chi connectivity index (χ2v) is 11.7. The third-order valence-electron chi connectivity index (χ3n) is 6.54. The van der Waals surface area contributed by atoms with E-state index in [0.29, 0.717) is 5.56 Å². The number of hydrogen-bond donors (Lipinski definition) is 9. The number of primary amides is 2. The minimum absolute atomic E-state index is 0.0119. The number of carbonyl (C=O) groups is 6. The van der Waals surface area contributed by atoms with E-state index in [1.165, 1.54) is 19.1 Å². The molecule has 0 aliphatic carbocycles. The van der Waals surface area contributed by atoms with E-state index in [2.05, 4.69) is 21.3 Å². The number of amides is 6. The molecule has 0 heterocycles. The molecule has 6 atom stereocenters. The predicted molar refractivity (Wildman–Crippen MR) is 161 cm³/mol. The van der Waals surface area contributed by atoms with Crippen molar-refractivity contribution in [3.63, 3.8) is 0 Å². The number of hydrogen-bond acceptors (Lipinski definition) is 9. The van der Waals surface area contributed by atoms with Crippen molar-refractivity contribution in [3.05, 3.63) is 29.8 Å². The van der Waals surface area contributed by atoms with Gasteiger partial charge in [-0.2, -0.15) is 0 Å². The van der Waals surface area contributed by atoms with Crippen molar-refractivity contribution in [1.82, 2.24) is 21.3 Å². The Hall–Kier alpha value is -4.24. The van der Waals surface area contributed by atoms with Crippen LogP contribution >= 0.6 is 0 Å². The molecule has 246 valence electrons. The average Bonchev–Trinajstić information content (AvgIpc) is 2.90. The van der Waals surface area contributed by atoms with E-state index in [-0.39, 0.29) is 36.8 Å². The number of aliphatic hydroxyl groups excluding tert-OH is 1. The smallest absolute Gasteiger partial charge is 0.245 e. The zero-order valence-electron chi connectivity index (χ0n) is 25.8. The van der Waals surface area contributed by atoms with Crippen LogP contribution in [0, 0.1) is 11.8 Å². The van der Waals surface area contributed by atoms with Gasteiger partial charge < -0.3 is 48.7 Å². The Bertz CT molecular complexity index is 1160. The zero-order valence-corrected chi connectivity index (χ0v) is 25.8. The molecule has 0 saturated carbocycles. The fraction of sp³-hybridized carbons (Fsp3) is 0.586. The summed E-state index contributed by atoms with van der Waals surface area (Å²) in [6.07, 6.45) is -1.52. The van der Waals surface area contributed by atoms with Gasteiger partial charge in [0.1, 0.15) is 29.9 Å². The number of phenols is 1. The van der Waals surface area contributed by atoms with Gasteiger partial charge in [-0.3, -0.25) is 28.8 Å². The Kier molecular flexibility index (Phi) is 15.3. The van der Waals surface area contributed by atoms with E-state index in [1.807, 2.05) is 27.7 Å². The SMILES string of the molecule is CC(C)C[C@H](NC(=O)[C@H](CC(C)C)NC(=O)[C@@H](N)CC(N)=O)C(=O)N[C@H](C(=O)N[C@@H](Cc1ccc(O)cc1)C(N)=O)[C@@H](C)O. The largest absolute Gasteiger partial charge is 0.508 e. The lowest BCUT2D eigenvalue weighted by atomic mass is 9.99. The summed E-state index contributed by atoms with van der Waals surface area (Å²) in [6.45, 7) is 8.52. The third-order valence-corrected chi connectivity index (χ3v) is 6.54. The molecule has 12 N–H and O–H groups in total. The Balaban J connectivity index is 3.10. The maximum Gasteiger partial charge on any atom is 0.245 e. The molecule has 0 fully saturated rings. The Morgan fingerprint density at radius 3 is 1.59 bits per heavy atom. The third kappa shape index (κ3) is 13.4.